The lowest BCUT2D eigenvalue weighted by Gasteiger charge is -2.47. The number of imide groups is 2. The van der Waals surface area contributed by atoms with Crippen molar-refractivity contribution in [2.75, 3.05) is 52.4 Å². The van der Waals surface area contributed by atoms with Crippen LogP contribution < -0.4 is 10.6 Å². The number of fused-ring (bicyclic) bond motifs is 2. The van der Waals surface area contributed by atoms with Gasteiger partial charge >= 0.3 is 12.2 Å². The molecular formula is C64H86F2N8O12. The van der Waals surface area contributed by atoms with Gasteiger partial charge < -0.3 is 38.5 Å². The summed E-state index contributed by atoms with van der Waals surface area (Å²) >= 11 is 0. The summed E-state index contributed by atoms with van der Waals surface area (Å²) in [6.07, 6.45) is 7.41. The third-order valence-corrected chi connectivity index (χ3v) is 19.2. The van der Waals surface area contributed by atoms with Crippen molar-refractivity contribution < 1.29 is 66.1 Å². The molecular weight excluding hydrogens is 1110 g/mol. The first-order valence-electron chi connectivity index (χ1n) is 31.5. The smallest absolute Gasteiger partial charge is 0.410 e. The maximum Gasteiger partial charge on any atom is 0.410 e. The van der Waals surface area contributed by atoms with Gasteiger partial charge in [0, 0.05) is 100 Å². The minimum atomic E-state index is -1.01. The summed E-state index contributed by atoms with van der Waals surface area (Å²) in [4.78, 5) is 110. The molecule has 0 aromatic heterocycles. The van der Waals surface area contributed by atoms with E-state index < -0.39 is 47.4 Å². The zero-order valence-corrected chi connectivity index (χ0v) is 50.7. The number of piperidine rings is 6. The van der Waals surface area contributed by atoms with Crippen LogP contribution in [0.25, 0.3) is 0 Å². The van der Waals surface area contributed by atoms with Crippen LogP contribution in [0.3, 0.4) is 0 Å². The molecule has 2 aromatic carbocycles. The van der Waals surface area contributed by atoms with Crippen molar-refractivity contribution in [1.82, 2.24) is 40.0 Å². The molecule has 8 aliphatic heterocycles. The van der Waals surface area contributed by atoms with Crippen LogP contribution in [0, 0.1) is 0 Å². The standard InChI is InChI=1S/2C32H43FN4O6/c2*1-32(2,3)43-31(41)35-11-8-22(9-12-35)42-23-15-21(16-23)36-13-10-24(26(33)18-36)19-4-5-25-20(14-19)17-37(30(25)40)27-6-7-28(38)34-29(27)39/h2*4-5,14,21-24,26-27H,6-13,15-18H2,1-3H3,(H,34,38,39)/t2*21?,23?,24-,26-,27?/m10/s1. The molecule has 20 nitrogen and oxygen atoms in total. The third kappa shape index (κ3) is 13.9. The van der Waals surface area contributed by atoms with Crippen molar-refractivity contribution in [1.29, 1.82) is 0 Å². The molecule has 468 valence electrons. The Kier molecular flexibility index (Phi) is 18.0. The first-order chi connectivity index (χ1) is 40.9. The van der Waals surface area contributed by atoms with E-state index in [-0.39, 0.29) is 84.9 Å². The quantitative estimate of drug-likeness (QED) is 0.228. The average molecular weight is 1200 g/mol. The monoisotopic (exact) mass is 1200 g/mol. The summed E-state index contributed by atoms with van der Waals surface area (Å²) in [6.45, 7) is 16.8. The molecule has 12 rings (SSSR count). The molecule has 8 fully saturated rings. The fourth-order valence-electron chi connectivity index (χ4n) is 14.4. The van der Waals surface area contributed by atoms with E-state index in [0.717, 1.165) is 86.7 Å². The molecule has 22 heteroatoms. The van der Waals surface area contributed by atoms with E-state index in [1.54, 1.807) is 21.9 Å². The second-order valence-corrected chi connectivity index (χ2v) is 27.5. The summed E-state index contributed by atoms with van der Waals surface area (Å²) in [7, 11) is 0. The van der Waals surface area contributed by atoms with Gasteiger partial charge in [-0.3, -0.25) is 49.2 Å². The van der Waals surface area contributed by atoms with E-state index in [1.165, 1.54) is 9.80 Å². The number of hydrogen-bond acceptors (Lipinski definition) is 14. The summed E-state index contributed by atoms with van der Waals surface area (Å²) in [5, 5.41) is 4.66. The number of carbonyl (C=O) groups is 8. The van der Waals surface area contributed by atoms with E-state index in [4.69, 9.17) is 18.9 Å². The summed E-state index contributed by atoms with van der Waals surface area (Å²) in [6, 6.07) is 10.5. The van der Waals surface area contributed by atoms with E-state index in [9.17, 15) is 38.4 Å². The third-order valence-electron chi connectivity index (χ3n) is 19.2. The van der Waals surface area contributed by atoms with Gasteiger partial charge in [-0.05, 0) is 166 Å². The predicted octanol–water partition coefficient (Wildman–Crippen LogP) is 7.04. The van der Waals surface area contributed by atoms with Gasteiger partial charge in [0.25, 0.3) is 11.8 Å². The normalized spacial score (nSPS) is 30.6. The molecule has 2 unspecified atom stereocenters. The molecule has 8 heterocycles. The highest BCUT2D eigenvalue weighted by atomic mass is 19.1. The SMILES string of the molecule is CC(C)(C)OC(=O)N1CCC(OC2CC(N3CC[C@@H](c4ccc5c(c4)CN(C4CCC(=O)NC4=O)C5=O)[C@@H](F)C3)C2)CC1.CC(C)(C)OC(=O)N1CCC(OC2CC(N3CC[C@H](c4ccc5c(c4)CN(C4CCC(=O)NC4=O)C5=O)[C@H](F)C3)C2)CC1. The van der Waals surface area contributed by atoms with Crippen LogP contribution in [0.2, 0.25) is 0 Å². The zero-order valence-electron chi connectivity index (χ0n) is 50.7. The average Bonchev–Trinajstić information content (AvgIpc) is 3.07. The van der Waals surface area contributed by atoms with Crippen molar-refractivity contribution in [3.8, 4) is 0 Å². The second kappa shape index (κ2) is 25.2. The largest absolute Gasteiger partial charge is 0.444 e. The Bertz CT molecular complexity index is 2730. The number of amides is 8. The van der Waals surface area contributed by atoms with E-state index in [1.807, 2.05) is 65.8 Å². The van der Waals surface area contributed by atoms with Gasteiger partial charge in [0.1, 0.15) is 35.6 Å². The van der Waals surface area contributed by atoms with Gasteiger partial charge in [0.05, 0.1) is 24.4 Å². The summed E-state index contributed by atoms with van der Waals surface area (Å²) < 4.78 is 54.8. The maximum atomic E-state index is 15.6. The summed E-state index contributed by atoms with van der Waals surface area (Å²) in [5.41, 5.74) is 3.54. The molecule has 2 aliphatic carbocycles. The van der Waals surface area contributed by atoms with Crippen molar-refractivity contribution in [2.24, 2.45) is 0 Å². The van der Waals surface area contributed by atoms with Gasteiger partial charge in [-0.15, -0.1) is 0 Å². The van der Waals surface area contributed by atoms with Gasteiger partial charge in [-0.2, -0.15) is 0 Å². The molecule has 0 spiro atoms. The fourth-order valence-corrected chi connectivity index (χ4v) is 14.4. The number of likely N-dealkylation sites (tertiary alicyclic amines) is 4. The Morgan fingerprint density at radius 2 is 0.872 bits per heavy atom. The number of hydrogen-bond donors (Lipinski definition) is 2. The number of rotatable bonds is 10. The van der Waals surface area contributed by atoms with Crippen LogP contribution in [0.5, 0.6) is 0 Å². The number of alkyl halides is 2. The number of benzene rings is 2. The Morgan fingerprint density at radius 3 is 1.21 bits per heavy atom. The Morgan fingerprint density at radius 1 is 0.500 bits per heavy atom. The number of halogens is 2. The fraction of sp³-hybridized carbons (Fsp3) is 0.688. The van der Waals surface area contributed by atoms with Crippen molar-refractivity contribution >= 4 is 47.6 Å². The highest BCUT2D eigenvalue weighted by Gasteiger charge is 2.46. The molecule has 0 radical (unpaired) electrons. The Hall–Kier alpha value is -6.10. The number of ether oxygens (including phenoxy) is 4. The topological polar surface area (TPSA) is 217 Å². The molecule has 2 saturated carbocycles. The molecule has 2 N–H and O–H groups in total. The van der Waals surface area contributed by atoms with E-state index >= 15 is 8.78 Å². The molecule has 6 atom stereocenters. The Balaban J connectivity index is 0.000000179. The van der Waals surface area contributed by atoms with Crippen LogP contribution in [-0.2, 0) is 51.2 Å². The van der Waals surface area contributed by atoms with Crippen LogP contribution in [0.4, 0.5) is 18.4 Å². The van der Waals surface area contributed by atoms with Gasteiger partial charge in [0.2, 0.25) is 23.6 Å². The lowest BCUT2D eigenvalue weighted by atomic mass is 9.82. The van der Waals surface area contributed by atoms with E-state index in [2.05, 4.69) is 20.4 Å². The summed E-state index contributed by atoms with van der Waals surface area (Å²) in [5.74, 6) is -2.36. The Labute approximate surface area is 502 Å². The first kappa shape index (κ1) is 61.5. The minimum Gasteiger partial charge on any atom is -0.444 e. The minimum absolute atomic E-state index is 0.141. The predicted molar refractivity (Wildman–Crippen MR) is 310 cm³/mol. The zero-order chi connectivity index (χ0) is 60.9. The van der Waals surface area contributed by atoms with Gasteiger partial charge in [0.15, 0.2) is 0 Å². The molecule has 86 heavy (non-hydrogen) atoms. The van der Waals surface area contributed by atoms with Crippen LogP contribution >= 0.6 is 0 Å². The van der Waals surface area contributed by atoms with Crippen LogP contribution in [0.1, 0.15) is 186 Å². The first-order valence-corrected chi connectivity index (χ1v) is 31.5. The highest BCUT2D eigenvalue weighted by molar-refractivity contribution is 6.06. The lowest BCUT2D eigenvalue weighted by Crippen LogP contribution is -2.54. The van der Waals surface area contributed by atoms with Crippen molar-refractivity contribution in [2.45, 2.75) is 228 Å². The molecule has 10 aliphatic rings. The van der Waals surface area contributed by atoms with Gasteiger partial charge in [-0.1, -0.05) is 24.3 Å². The van der Waals surface area contributed by atoms with E-state index in [0.29, 0.717) is 101 Å². The van der Waals surface area contributed by atoms with Crippen molar-refractivity contribution in [3.63, 3.8) is 0 Å². The van der Waals surface area contributed by atoms with Gasteiger partial charge in [-0.25, -0.2) is 18.4 Å². The van der Waals surface area contributed by atoms with Crippen molar-refractivity contribution in [3.05, 3.63) is 69.8 Å². The number of carbonyl (C=O) groups excluding carboxylic acids is 8. The molecule has 0 bridgehead atoms. The van der Waals surface area contributed by atoms with Crippen LogP contribution in [-0.4, -0.2) is 202 Å². The highest BCUT2D eigenvalue weighted by Crippen LogP contribution is 2.41. The lowest BCUT2D eigenvalue weighted by molar-refractivity contribution is -0.138. The molecule has 6 saturated heterocycles. The number of nitrogens with one attached hydrogen (secondary N) is 2. The number of nitrogens with zero attached hydrogens (tertiary/aromatic N) is 6. The molecule has 2 aromatic rings. The van der Waals surface area contributed by atoms with Crippen LogP contribution in [0.15, 0.2) is 36.4 Å². The maximum absolute atomic E-state index is 15.6. The molecule has 8 amide bonds. The second-order valence-electron chi connectivity index (χ2n) is 27.5.